The molecule has 11 heteroatoms. The van der Waals surface area contributed by atoms with Crippen molar-refractivity contribution in [2.24, 2.45) is 0 Å². The number of hydrogen-bond acceptors (Lipinski definition) is 8. The molecule has 0 heterocycles. The standard InChI is InChI=1S/C10H16N2O8.Mn/c13-7(14)3-11(4-8(15)16)1-2-12(5-9(17)18)6-10(19)20;/h1-6H2,(H,13,14)(H,15,16)(H,17,18)(H,19,20);/q;+2/p-2. The summed E-state index contributed by atoms with van der Waals surface area (Å²) < 4.78 is 0. The number of carboxylic acids is 4. The summed E-state index contributed by atoms with van der Waals surface area (Å²) in [5.74, 6) is -5.52. The van der Waals surface area contributed by atoms with Gasteiger partial charge in [0.2, 0.25) is 0 Å². The minimum Gasteiger partial charge on any atom is -0.549 e. The first kappa shape index (κ1) is 21.6. The van der Waals surface area contributed by atoms with Gasteiger partial charge < -0.3 is 30.0 Å². The van der Waals surface area contributed by atoms with Crippen LogP contribution >= 0.6 is 0 Å². The molecule has 0 aliphatic rings. The fourth-order valence-corrected chi connectivity index (χ4v) is 1.46. The third-order valence-corrected chi connectivity index (χ3v) is 2.16. The van der Waals surface area contributed by atoms with Crippen molar-refractivity contribution in [1.29, 1.82) is 0 Å². The van der Waals surface area contributed by atoms with Crippen molar-refractivity contribution in [3.63, 3.8) is 0 Å². The van der Waals surface area contributed by atoms with Gasteiger partial charge in [-0.25, -0.2) is 0 Å². The molecule has 0 fully saturated rings. The fourth-order valence-electron chi connectivity index (χ4n) is 1.46. The van der Waals surface area contributed by atoms with Gasteiger partial charge in [0.05, 0.1) is 25.0 Å². The fraction of sp³-hybridized carbons (Fsp3) is 0.600. The minimum atomic E-state index is -1.51. The van der Waals surface area contributed by atoms with Gasteiger partial charge in [-0.05, 0) is 0 Å². The van der Waals surface area contributed by atoms with Crippen molar-refractivity contribution in [1.82, 2.24) is 9.80 Å². The Balaban J connectivity index is 0. The van der Waals surface area contributed by atoms with Gasteiger partial charge in [-0.1, -0.05) is 0 Å². The number of carbonyl (C=O) groups is 4. The number of carboxylic acid groups (broad SMARTS) is 4. The number of nitrogens with zero attached hydrogens (tertiary/aromatic N) is 2. The molecule has 0 bridgehead atoms. The van der Waals surface area contributed by atoms with Gasteiger partial charge in [-0.15, -0.1) is 0 Å². The van der Waals surface area contributed by atoms with Gasteiger partial charge in [0.1, 0.15) is 0 Å². The van der Waals surface area contributed by atoms with Crippen LogP contribution in [0.4, 0.5) is 0 Å². The van der Waals surface area contributed by atoms with E-state index in [2.05, 4.69) is 0 Å². The van der Waals surface area contributed by atoms with Gasteiger partial charge >= 0.3 is 29.0 Å². The summed E-state index contributed by atoms with van der Waals surface area (Å²) in [6, 6.07) is 0. The summed E-state index contributed by atoms with van der Waals surface area (Å²) in [6.07, 6.45) is 0. The molecule has 21 heavy (non-hydrogen) atoms. The zero-order valence-electron chi connectivity index (χ0n) is 10.9. The van der Waals surface area contributed by atoms with E-state index >= 15 is 0 Å². The molecule has 0 atom stereocenters. The molecule has 0 aromatic heterocycles. The normalized spacial score (nSPS) is 10.2. The van der Waals surface area contributed by atoms with Crippen LogP contribution in [0.5, 0.6) is 0 Å². The van der Waals surface area contributed by atoms with Gasteiger partial charge in [-0.2, -0.15) is 0 Å². The van der Waals surface area contributed by atoms with Gasteiger partial charge in [0.25, 0.3) is 0 Å². The second-order valence-corrected chi connectivity index (χ2v) is 3.95. The molecule has 0 amide bonds. The van der Waals surface area contributed by atoms with Crippen LogP contribution < -0.4 is 10.2 Å². The Labute approximate surface area is 130 Å². The monoisotopic (exact) mass is 345 g/mol. The van der Waals surface area contributed by atoms with Crippen molar-refractivity contribution in [3.8, 4) is 0 Å². The summed E-state index contributed by atoms with van der Waals surface area (Å²) in [6.45, 7) is -2.75. The molecule has 1 radical (unpaired) electrons. The largest absolute Gasteiger partial charge is 2.00 e. The van der Waals surface area contributed by atoms with Crippen LogP contribution in [0.15, 0.2) is 0 Å². The average Bonchev–Trinajstić information content (AvgIpc) is 2.22. The van der Waals surface area contributed by atoms with E-state index < -0.39 is 50.1 Å². The van der Waals surface area contributed by atoms with Crippen molar-refractivity contribution >= 4 is 23.9 Å². The number of hydrogen-bond donors (Lipinski definition) is 2. The van der Waals surface area contributed by atoms with E-state index in [-0.39, 0.29) is 30.2 Å². The van der Waals surface area contributed by atoms with E-state index in [1.807, 2.05) is 0 Å². The molecule has 0 saturated carbocycles. The van der Waals surface area contributed by atoms with Crippen LogP contribution in [0.2, 0.25) is 0 Å². The molecule has 0 spiro atoms. The second kappa shape index (κ2) is 11.0. The predicted molar refractivity (Wildman–Crippen MR) is 58.2 cm³/mol. The molecule has 119 valence electrons. The van der Waals surface area contributed by atoms with Crippen LogP contribution in [0.25, 0.3) is 0 Å². The van der Waals surface area contributed by atoms with Crippen LogP contribution in [0, 0.1) is 0 Å². The molecule has 10 nitrogen and oxygen atoms in total. The van der Waals surface area contributed by atoms with E-state index in [4.69, 9.17) is 10.2 Å². The second-order valence-electron chi connectivity index (χ2n) is 3.95. The predicted octanol–water partition coefficient (Wildman–Crippen LogP) is -4.74. The SMILES string of the molecule is O=C([O-])CN(CCN(CC(=O)O)CC(=O)O)CC(=O)[O-].[Mn+2]. The maximum atomic E-state index is 10.5. The van der Waals surface area contributed by atoms with E-state index in [9.17, 15) is 29.4 Å². The first-order valence-corrected chi connectivity index (χ1v) is 5.48. The first-order chi connectivity index (χ1) is 9.20. The van der Waals surface area contributed by atoms with Crippen LogP contribution in [0.1, 0.15) is 0 Å². The van der Waals surface area contributed by atoms with Gasteiger partial charge in [-0.3, -0.25) is 19.4 Å². The van der Waals surface area contributed by atoms with Crippen LogP contribution in [-0.2, 0) is 36.2 Å². The summed E-state index contributed by atoms with van der Waals surface area (Å²) in [7, 11) is 0. The maximum Gasteiger partial charge on any atom is 2.00 e. The Bertz CT molecular complexity index is 321. The summed E-state index contributed by atoms with van der Waals surface area (Å²) in [4.78, 5) is 43.9. The average molecular weight is 345 g/mol. The molecule has 0 rings (SSSR count). The Morgan fingerprint density at radius 1 is 0.714 bits per heavy atom. The number of aliphatic carboxylic acids is 4. The van der Waals surface area contributed by atoms with Crippen molar-refractivity contribution < 1.29 is 56.7 Å². The molecule has 0 aromatic rings. The number of rotatable bonds is 11. The van der Waals surface area contributed by atoms with Crippen molar-refractivity contribution in [3.05, 3.63) is 0 Å². The molecular formula is C10H14MnN2O8. The zero-order valence-corrected chi connectivity index (χ0v) is 12.0. The molecule has 0 unspecified atom stereocenters. The quantitative estimate of drug-likeness (QED) is 0.348. The summed E-state index contributed by atoms with van der Waals surface area (Å²) in [5.41, 5.74) is 0. The van der Waals surface area contributed by atoms with E-state index in [0.717, 1.165) is 9.80 Å². The number of carbonyl (C=O) groups excluding carboxylic acids is 2. The van der Waals surface area contributed by atoms with Crippen molar-refractivity contribution in [2.45, 2.75) is 0 Å². The molecule has 0 saturated heterocycles. The van der Waals surface area contributed by atoms with E-state index in [1.54, 1.807) is 0 Å². The Hall–Kier alpha value is -1.68. The third-order valence-electron chi connectivity index (χ3n) is 2.16. The molecule has 0 aromatic carbocycles. The smallest absolute Gasteiger partial charge is 0.549 e. The van der Waals surface area contributed by atoms with Crippen LogP contribution in [-0.4, -0.2) is 83.2 Å². The van der Waals surface area contributed by atoms with Crippen molar-refractivity contribution in [2.75, 3.05) is 39.3 Å². The van der Waals surface area contributed by atoms with E-state index in [0.29, 0.717) is 0 Å². The molecule has 0 aliphatic carbocycles. The summed E-state index contributed by atoms with van der Waals surface area (Å²) >= 11 is 0. The Kier molecular flexibility index (Phi) is 11.4. The van der Waals surface area contributed by atoms with Crippen LogP contribution in [0.3, 0.4) is 0 Å². The maximum absolute atomic E-state index is 10.5. The molecule has 2 N–H and O–H groups in total. The Morgan fingerprint density at radius 3 is 1.24 bits per heavy atom. The third kappa shape index (κ3) is 13.1. The zero-order chi connectivity index (χ0) is 15.7. The van der Waals surface area contributed by atoms with Gasteiger partial charge in [0.15, 0.2) is 0 Å². The van der Waals surface area contributed by atoms with E-state index in [1.165, 1.54) is 0 Å². The summed E-state index contributed by atoms with van der Waals surface area (Å²) in [5, 5.41) is 38.0. The minimum absolute atomic E-state index is 0. The first-order valence-electron chi connectivity index (χ1n) is 5.48. The molecular weight excluding hydrogens is 331 g/mol. The Morgan fingerprint density at radius 2 is 1.00 bits per heavy atom. The molecule has 0 aliphatic heterocycles. The van der Waals surface area contributed by atoms with Gasteiger partial charge in [0, 0.05) is 26.2 Å². The topological polar surface area (TPSA) is 161 Å².